The van der Waals surface area contributed by atoms with Gasteiger partial charge in [0.05, 0.1) is 5.56 Å². The molecule has 4 nitrogen and oxygen atoms in total. The smallest absolute Gasteiger partial charge is 0.338 e. The Labute approximate surface area is 144 Å². The molecule has 5 heteroatoms. The summed E-state index contributed by atoms with van der Waals surface area (Å²) in [4.78, 5) is 23.9. The molecule has 0 saturated heterocycles. The van der Waals surface area contributed by atoms with Crippen LogP contribution in [0, 0.1) is 0 Å². The number of esters is 1. The van der Waals surface area contributed by atoms with E-state index in [1.165, 1.54) is 6.07 Å². The fraction of sp³-hybridized carbons (Fsp3) is 0.0526. The molecule has 0 heterocycles. The number of hydrogen-bond donors (Lipinski definition) is 1. The first kappa shape index (κ1) is 16.0. The molecule has 3 rings (SSSR count). The highest BCUT2D eigenvalue weighted by molar-refractivity contribution is 6.30. The van der Waals surface area contributed by atoms with Crippen LogP contribution in [-0.2, 0) is 9.53 Å². The molecule has 0 aliphatic heterocycles. The van der Waals surface area contributed by atoms with Crippen LogP contribution in [0.25, 0.3) is 10.8 Å². The second-order valence-electron chi connectivity index (χ2n) is 5.16. The van der Waals surface area contributed by atoms with Crippen molar-refractivity contribution in [2.45, 2.75) is 0 Å². The fourth-order valence-electron chi connectivity index (χ4n) is 2.35. The number of ether oxygens (including phenoxy) is 1. The number of anilines is 1. The maximum Gasteiger partial charge on any atom is 0.338 e. The van der Waals surface area contributed by atoms with E-state index in [1.54, 1.807) is 24.3 Å². The van der Waals surface area contributed by atoms with Gasteiger partial charge in [0.15, 0.2) is 6.61 Å². The molecule has 0 radical (unpaired) electrons. The van der Waals surface area contributed by atoms with Gasteiger partial charge in [-0.3, -0.25) is 4.79 Å². The fourth-order valence-corrected chi connectivity index (χ4v) is 2.54. The lowest BCUT2D eigenvalue weighted by molar-refractivity contribution is -0.119. The summed E-state index contributed by atoms with van der Waals surface area (Å²) in [5.74, 6) is -0.993. The van der Waals surface area contributed by atoms with Gasteiger partial charge < -0.3 is 10.1 Å². The van der Waals surface area contributed by atoms with Crippen LogP contribution in [0.4, 0.5) is 5.69 Å². The van der Waals surface area contributed by atoms with Crippen LogP contribution in [0.3, 0.4) is 0 Å². The van der Waals surface area contributed by atoms with Crippen LogP contribution < -0.4 is 5.32 Å². The lowest BCUT2D eigenvalue weighted by atomic mass is 10.1. The molecular weight excluding hydrogens is 326 g/mol. The maximum atomic E-state index is 12.0. The molecule has 0 aliphatic rings. The summed E-state index contributed by atoms with van der Waals surface area (Å²) >= 11 is 5.83. The summed E-state index contributed by atoms with van der Waals surface area (Å²) in [5.41, 5.74) is 0.984. The molecule has 0 aliphatic carbocycles. The Hall–Kier alpha value is -2.85. The number of rotatable bonds is 4. The van der Waals surface area contributed by atoms with Crippen LogP contribution in [0.15, 0.2) is 66.7 Å². The monoisotopic (exact) mass is 339 g/mol. The highest BCUT2D eigenvalue weighted by atomic mass is 35.5. The van der Waals surface area contributed by atoms with Crippen molar-refractivity contribution < 1.29 is 14.3 Å². The summed E-state index contributed by atoms with van der Waals surface area (Å²) in [7, 11) is 0. The first-order valence-corrected chi connectivity index (χ1v) is 7.71. The van der Waals surface area contributed by atoms with Gasteiger partial charge in [-0.05, 0) is 29.7 Å². The summed E-state index contributed by atoms with van der Waals surface area (Å²) in [6, 6.07) is 19.7. The van der Waals surface area contributed by atoms with Gasteiger partial charge in [0, 0.05) is 16.1 Å². The molecule has 24 heavy (non-hydrogen) atoms. The van der Waals surface area contributed by atoms with Gasteiger partial charge in [0.2, 0.25) is 0 Å². The minimum atomic E-state index is -0.592. The highest BCUT2D eigenvalue weighted by Gasteiger charge is 2.11. The van der Waals surface area contributed by atoms with Crippen LogP contribution in [0.2, 0.25) is 5.02 Å². The topological polar surface area (TPSA) is 55.4 Å². The lowest BCUT2D eigenvalue weighted by Gasteiger charge is -2.09. The van der Waals surface area contributed by atoms with E-state index in [0.717, 1.165) is 10.8 Å². The van der Waals surface area contributed by atoms with Crippen molar-refractivity contribution in [3.63, 3.8) is 0 Å². The van der Waals surface area contributed by atoms with E-state index < -0.39 is 11.9 Å². The minimum Gasteiger partial charge on any atom is -0.452 e. The second kappa shape index (κ2) is 7.15. The third-order valence-electron chi connectivity index (χ3n) is 3.46. The van der Waals surface area contributed by atoms with Crippen LogP contribution in [0.1, 0.15) is 10.4 Å². The maximum absolute atomic E-state index is 12.0. The average Bonchev–Trinajstić information content (AvgIpc) is 2.60. The molecule has 120 valence electrons. The molecule has 3 aromatic rings. The largest absolute Gasteiger partial charge is 0.452 e. The minimum absolute atomic E-state index is 0.306. The molecule has 0 saturated carbocycles. The number of halogens is 1. The van der Waals surface area contributed by atoms with Crippen molar-refractivity contribution in [2.75, 3.05) is 11.9 Å². The summed E-state index contributed by atoms with van der Waals surface area (Å²) in [6.45, 7) is -0.367. The lowest BCUT2D eigenvalue weighted by Crippen LogP contribution is -2.21. The van der Waals surface area contributed by atoms with Crippen molar-refractivity contribution in [3.05, 3.63) is 77.3 Å². The zero-order chi connectivity index (χ0) is 16.9. The Morgan fingerprint density at radius 2 is 1.71 bits per heavy atom. The molecule has 0 bridgehead atoms. The number of fused-ring (bicyclic) bond motifs is 1. The van der Waals surface area contributed by atoms with E-state index in [9.17, 15) is 9.59 Å². The third-order valence-corrected chi connectivity index (χ3v) is 3.69. The van der Waals surface area contributed by atoms with E-state index in [-0.39, 0.29) is 6.61 Å². The Morgan fingerprint density at radius 3 is 2.54 bits per heavy atom. The molecule has 3 aromatic carbocycles. The molecule has 0 aromatic heterocycles. The molecule has 1 N–H and O–H groups in total. The van der Waals surface area contributed by atoms with Gasteiger partial charge in [-0.1, -0.05) is 54.1 Å². The number of benzene rings is 3. The van der Waals surface area contributed by atoms with Crippen molar-refractivity contribution in [1.82, 2.24) is 0 Å². The normalized spacial score (nSPS) is 10.4. The van der Waals surface area contributed by atoms with Gasteiger partial charge in [-0.15, -0.1) is 0 Å². The SMILES string of the molecule is O=C(COC(=O)c1cccc(Cl)c1)Nc1cccc2ccccc12. The van der Waals surface area contributed by atoms with Gasteiger partial charge >= 0.3 is 5.97 Å². The number of hydrogen-bond acceptors (Lipinski definition) is 3. The van der Waals surface area contributed by atoms with Crippen molar-refractivity contribution in [1.29, 1.82) is 0 Å². The van der Waals surface area contributed by atoms with Gasteiger partial charge in [-0.2, -0.15) is 0 Å². The molecule has 1 amide bonds. The van der Waals surface area contributed by atoms with Crippen molar-refractivity contribution in [2.24, 2.45) is 0 Å². The molecule has 0 spiro atoms. The molecule has 0 unspecified atom stereocenters. The van der Waals surface area contributed by atoms with Crippen LogP contribution in [0.5, 0.6) is 0 Å². The Morgan fingerprint density at radius 1 is 0.958 bits per heavy atom. The van der Waals surface area contributed by atoms with E-state index in [1.807, 2.05) is 36.4 Å². The predicted octanol–water partition coefficient (Wildman–Crippen LogP) is 4.29. The molecular formula is C19H14ClNO3. The number of carbonyl (C=O) groups excluding carboxylic acids is 2. The number of nitrogens with one attached hydrogen (secondary N) is 1. The quantitative estimate of drug-likeness (QED) is 0.721. The van der Waals surface area contributed by atoms with Gasteiger partial charge in [0.25, 0.3) is 5.91 Å². The molecule has 0 atom stereocenters. The van der Waals surface area contributed by atoms with Crippen LogP contribution in [-0.4, -0.2) is 18.5 Å². The van der Waals surface area contributed by atoms with E-state index in [2.05, 4.69) is 5.32 Å². The van der Waals surface area contributed by atoms with Crippen LogP contribution >= 0.6 is 11.6 Å². The highest BCUT2D eigenvalue weighted by Crippen LogP contribution is 2.22. The Bertz CT molecular complexity index is 903. The Kier molecular flexibility index (Phi) is 4.77. The molecule has 0 fully saturated rings. The Balaban J connectivity index is 1.64. The first-order valence-electron chi connectivity index (χ1n) is 7.34. The van der Waals surface area contributed by atoms with E-state index >= 15 is 0 Å². The first-order chi connectivity index (χ1) is 11.6. The van der Waals surface area contributed by atoms with Gasteiger partial charge in [0.1, 0.15) is 0 Å². The zero-order valence-electron chi connectivity index (χ0n) is 12.7. The predicted molar refractivity (Wildman–Crippen MR) is 94.3 cm³/mol. The van der Waals surface area contributed by atoms with E-state index in [4.69, 9.17) is 16.3 Å². The number of carbonyl (C=O) groups is 2. The second-order valence-corrected chi connectivity index (χ2v) is 5.60. The van der Waals surface area contributed by atoms with E-state index in [0.29, 0.717) is 16.3 Å². The summed E-state index contributed by atoms with van der Waals surface area (Å²) in [6.07, 6.45) is 0. The third kappa shape index (κ3) is 3.73. The summed E-state index contributed by atoms with van der Waals surface area (Å²) < 4.78 is 5.02. The zero-order valence-corrected chi connectivity index (χ0v) is 13.4. The number of amides is 1. The van der Waals surface area contributed by atoms with Crippen molar-refractivity contribution in [3.8, 4) is 0 Å². The summed E-state index contributed by atoms with van der Waals surface area (Å²) in [5, 5.41) is 5.14. The standard InChI is InChI=1S/C19H14ClNO3/c20-15-8-3-7-14(11-15)19(23)24-12-18(22)21-17-10-4-6-13-5-1-2-9-16(13)17/h1-11H,12H2,(H,21,22). The van der Waals surface area contributed by atoms with Crippen molar-refractivity contribution >= 4 is 39.9 Å². The van der Waals surface area contributed by atoms with Gasteiger partial charge in [-0.25, -0.2) is 4.79 Å². The average molecular weight is 340 g/mol.